The number of benzene rings is 1. The molecule has 5 heteroatoms. The van der Waals surface area contributed by atoms with Crippen molar-refractivity contribution in [2.24, 2.45) is 0 Å². The lowest BCUT2D eigenvalue weighted by molar-refractivity contribution is 0.209. The Balaban J connectivity index is 2.11. The molecule has 1 aromatic rings. The van der Waals surface area contributed by atoms with E-state index in [0.29, 0.717) is 5.69 Å². The number of nitrogens with one attached hydrogen (secondary N) is 1. The molecule has 0 bridgehead atoms. The van der Waals surface area contributed by atoms with Gasteiger partial charge in [-0.2, -0.15) is 0 Å². The molecule has 5 nitrogen and oxygen atoms in total. The van der Waals surface area contributed by atoms with Gasteiger partial charge in [-0.15, -0.1) is 0 Å². The number of likely N-dealkylation sites (N-methyl/N-ethyl adjacent to an activating group) is 1. The Morgan fingerprint density at radius 3 is 2.50 bits per heavy atom. The van der Waals surface area contributed by atoms with Crippen LogP contribution in [0.25, 0.3) is 0 Å². The number of hydrogen-bond donors (Lipinski definition) is 2. The molecule has 2 rings (SSSR count). The Hall–Kier alpha value is -1.75. The molecule has 98 valence electrons. The predicted molar refractivity (Wildman–Crippen MR) is 72.5 cm³/mol. The molecule has 1 aromatic carbocycles. The van der Waals surface area contributed by atoms with Crippen LogP contribution in [0.2, 0.25) is 0 Å². The monoisotopic (exact) mass is 249 g/mol. The van der Waals surface area contributed by atoms with Crippen molar-refractivity contribution >= 4 is 17.5 Å². The Morgan fingerprint density at radius 2 is 1.94 bits per heavy atom. The van der Waals surface area contributed by atoms with Gasteiger partial charge in [0, 0.05) is 37.6 Å². The number of rotatable bonds is 2. The average Bonchev–Trinajstić information content (AvgIpc) is 2.32. The van der Waals surface area contributed by atoms with Crippen LogP contribution >= 0.6 is 0 Å². The van der Waals surface area contributed by atoms with Crippen molar-refractivity contribution in [1.82, 2.24) is 4.90 Å². The van der Waals surface area contributed by atoms with Gasteiger partial charge < -0.3 is 14.9 Å². The summed E-state index contributed by atoms with van der Waals surface area (Å²) in [7, 11) is 2.13. The van der Waals surface area contributed by atoms with Gasteiger partial charge in [0.05, 0.1) is 0 Å². The molecule has 0 unspecified atom stereocenters. The fraction of sp³-hybridized carbons (Fsp3) is 0.462. The third kappa shape index (κ3) is 2.92. The molecule has 2 N–H and O–H groups in total. The highest BCUT2D eigenvalue weighted by Crippen LogP contribution is 2.23. The van der Waals surface area contributed by atoms with Crippen LogP contribution in [0.4, 0.5) is 16.2 Å². The van der Waals surface area contributed by atoms with Crippen LogP contribution in [0.5, 0.6) is 0 Å². The summed E-state index contributed by atoms with van der Waals surface area (Å²) in [6.07, 6.45) is -1.02. The zero-order chi connectivity index (χ0) is 13.1. The van der Waals surface area contributed by atoms with Crippen molar-refractivity contribution in [3.63, 3.8) is 0 Å². The van der Waals surface area contributed by atoms with E-state index >= 15 is 0 Å². The lowest BCUT2D eigenvalue weighted by atomic mass is 10.1. The van der Waals surface area contributed by atoms with Crippen LogP contribution in [0.15, 0.2) is 18.2 Å². The summed E-state index contributed by atoms with van der Waals surface area (Å²) in [6, 6.07) is 5.84. The van der Waals surface area contributed by atoms with E-state index in [9.17, 15) is 4.79 Å². The Kier molecular flexibility index (Phi) is 3.72. The van der Waals surface area contributed by atoms with E-state index in [4.69, 9.17) is 5.11 Å². The molecular formula is C13H19N3O2. The van der Waals surface area contributed by atoms with Gasteiger partial charge in [-0.3, -0.25) is 5.32 Å². The zero-order valence-corrected chi connectivity index (χ0v) is 10.8. The van der Waals surface area contributed by atoms with Gasteiger partial charge in [-0.25, -0.2) is 4.79 Å². The quantitative estimate of drug-likeness (QED) is 0.839. The van der Waals surface area contributed by atoms with E-state index in [0.717, 1.165) is 37.4 Å². The molecule has 0 aromatic heterocycles. The van der Waals surface area contributed by atoms with Crippen molar-refractivity contribution in [3.05, 3.63) is 23.8 Å². The minimum atomic E-state index is -1.02. The van der Waals surface area contributed by atoms with E-state index in [1.54, 1.807) is 0 Å². The molecule has 1 aliphatic rings. The molecule has 1 aliphatic heterocycles. The molecule has 0 atom stereocenters. The Bertz CT molecular complexity index is 440. The molecule has 1 saturated heterocycles. The van der Waals surface area contributed by atoms with E-state index < -0.39 is 6.09 Å². The van der Waals surface area contributed by atoms with Gasteiger partial charge in [0.15, 0.2) is 0 Å². The number of hydrogen-bond acceptors (Lipinski definition) is 3. The van der Waals surface area contributed by atoms with Crippen molar-refractivity contribution in [1.29, 1.82) is 0 Å². The van der Waals surface area contributed by atoms with Crippen LogP contribution in [-0.4, -0.2) is 49.3 Å². The van der Waals surface area contributed by atoms with Gasteiger partial charge in [0.25, 0.3) is 0 Å². The van der Waals surface area contributed by atoms with E-state index in [-0.39, 0.29) is 0 Å². The summed E-state index contributed by atoms with van der Waals surface area (Å²) in [5, 5.41) is 11.1. The largest absolute Gasteiger partial charge is 0.465 e. The van der Waals surface area contributed by atoms with Gasteiger partial charge in [-0.1, -0.05) is 0 Å². The maximum atomic E-state index is 10.6. The second-order valence-electron chi connectivity index (χ2n) is 4.72. The number of carbonyl (C=O) groups is 1. The molecule has 0 saturated carbocycles. The van der Waals surface area contributed by atoms with Crippen molar-refractivity contribution in [2.75, 3.05) is 43.4 Å². The predicted octanol–water partition coefficient (Wildman–Crippen LogP) is 1.84. The highest BCUT2D eigenvalue weighted by molar-refractivity contribution is 5.84. The average molecular weight is 249 g/mol. The minimum Gasteiger partial charge on any atom is -0.465 e. The van der Waals surface area contributed by atoms with Gasteiger partial charge in [-0.05, 0) is 37.7 Å². The molecule has 18 heavy (non-hydrogen) atoms. The number of amides is 1. The highest BCUT2D eigenvalue weighted by atomic mass is 16.4. The summed E-state index contributed by atoms with van der Waals surface area (Å²) in [5.74, 6) is 0. The summed E-state index contributed by atoms with van der Waals surface area (Å²) in [4.78, 5) is 15.3. The first kappa shape index (κ1) is 12.7. The standard InChI is InChI=1S/C13H19N3O2/c1-10-9-11(3-4-12(10)14-13(17)18)16-7-5-15(2)6-8-16/h3-4,9,14H,5-8H2,1-2H3,(H,17,18). The van der Waals surface area contributed by atoms with Crippen LogP contribution in [0.1, 0.15) is 5.56 Å². The molecular weight excluding hydrogens is 230 g/mol. The number of aryl methyl sites for hydroxylation is 1. The second-order valence-corrected chi connectivity index (χ2v) is 4.72. The molecule has 0 radical (unpaired) electrons. The highest BCUT2D eigenvalue weighted by Gasteiger charge is 2.15. The van der Waals surface area contributed by atoms with Crippen LogP contribution < -0.4 is 10.2 Å². The second kappa shape index (κ2) is 5.27. The van der Waals surface area contributed by atoms with Crippen LogP contribution in [0, 0.1) is 6.92 Å². The number of anilines is 2. The van der Waals surface area contributed by atoms with Crippen molar-refractivity contribution in [3.8, 4) is 0 Å². The van der Waals surface area contributed by atoms with Crippen molar-refractivity contribution < 1.29 is 9.90 Å². The SMILES string of the molecule is Cc1cc(N2CCN(C)CC2)ccc1NC(=O)O. The van der Waals surface area contributed by atoms with Gasteiger partial charge in [0.2, 0.25) is 0 Å². The summed E-state index contributed by atoms with van der Waals surface area (Å²) in [6.45, 7) is 6.08. The summed E-state index contributed by atoms with van der Waals surface area (Å²) < 4.78 is 0. The maximum Gasteiger partial charge on any atom is 0.409 e. The molecule has 0 spiro atoms. The number of carboxylic acid groups (broad SMARTS) is 1. The maximum absolute atomic E-state index is 10.6. The lowest BCUT2D eigenvalue weighted by Gasteiger charge is -2.34. The number of nitrogens with zero attached hydrogens (tertiary/aromatic N) is 2. The molecule has 1 fully saturated rings. The zero-order valence-electron chi connectivity index (χ0n) is 10.8. The van der Waals surface area contributed by atoms with Crippen LogP contribution in [0.3, 0.4) is 0 Å². The first-order valence-electron chi connectivity index (χ1n) is 6.10. The third-order valence-electron chi connectivity index (χ3n) is 3.32. The third-order valence-corrected chi connectivity index (χ3v) is 3.32. The first-order chi connectivity index (χ1) is 8.56. The normalized spacial score (nSPS) is 16.7. The molecule has 0 aliphatic carbocycles. The lowest BCUT2D eigenvalue weighted by Crippen LogP contribution is -2.44. The fourth-order valence-corrected chi connectivity index (χ4v) is 2.16. The van der Waals surface area contributed by atoms with E-state index in [1.165, 1.54) is 0 Å². The topological polar surface area (TPSA) is 55.8 Å². The fourth-order valence-electron chi connectivity index (χ4n) is 2.16. The molecule has 1 heterocycles. The Morgan fingerprint density at radius 1 is 1.28 bits per heavy atom. The smallest absolute Gasteiger partial charge is 0.409 e. The van der Waals surface area contributed by atoms with Crippen LogP contribution in [-0.2, 0) is 0 Å². The summed E-state index contributed by atoms with van der Waals surface area (Å²) in [5.41, 5.74) is 2.77. The molecule has 1 amide bonds. The van der Waals surface area contributed by atoms with E-state index in [2.05, 4.69) is 22.2 Å². The van der Waals surface area contributed by atoms with E-state index in [1.807, 2.05) is 25.1 Å². The van der Waals surface area contributed by atoms with Crippen molar-refractivity contribution in [2.45, 2.75) is 6.92 Å². The number of piperazine rings is 1. The van der Waals surface area contributed by atoms with Gasteiger partial charge >= 0.3 is 6.09 Å². The summed E-state index contributed by atoms with van der Waals surface area (Å²) >= 11 is 0. The first-order valence-corrected chi connectivity index (χ1v) is 6.10. The van der Waals surface area contributed by atoms with Gasteiger partial charge in [0.1, 0.15) is 0 Å². The minimum absolute atomic E-state index is 0.653. The Labute approximate surface area is 107 Å².